The number of benzene rings is 2. The fraction of sp³-hybridized carbons (Fsp3) is 0.143. The summed E-state index contributed by atoms with van der Waals surface area (Å²) >= 11 is 3.21. The van der Waals surface area contributed by atoms with Crippen LogP contribution >= 0.6 is 23.5 Å². The van der Waals surface area contributed by atoms with E-state index >= 15 is 0 Å². The van der Waals surface area contributed by atoms with Gasteiger partial charge in [-0.1, -0.05) is 12.1 Å². The first kappa shape index (κ1) is 21.7. The quantitative estimate of drug-likeness (QED) is 0.249. The third kappa shape index (κ3) is 5.11. The largest absolute Gasteiger partial charge is 0.456 e. The summed E-state index contributed by atoms with van der Waals surface area (Å²) in [6.07, 6.45) is 4.00. The molecule has 0 aliphatic heterocycles. The Balaban J connectivity index is 1.91. The van der Waals surface area contributed by atoms with Crippen molar-refractivity contribution in [3.05, 3.63) is 54.1 Å². The SMILES string of the molecule is CSc1cc(-c2ccc(-c3ccc(N=C(N)N)c(SC)c3)o2)ccc1CN=C(N)N. The second kappa shape index (κ2) is 9.64. The molecule has 9 heteroatoms. The Morgan fingerprint density at radius 2 is 1.40 bits per heavy atom. The van der Waals surface area contributed by atoms with E-state index in [0.29, 0.717) is 6.54 Å². The highest BCUT2D eigenvalue weighted by atomic mass is 32.2. The number of furan rings is 1. The number of rotatable bonds is 7. The van der Waals surface area contributed by atoms with Gasteiger partial charge in [-0.15, -0.1) is 23.5 Å². The van der Waals surface area contributed by atoms with Crippen molar-refractivity contribution in [2.45, 2.75) is 16.3 Å². The van der Waals surface area contributed by atoms with Gasteiger partial charge in [0, 0.05) is 20.9 Å². The third-order valence-corrected chi connectivity index (χ3v) is 5.91. The van der Waals surface area contributed by atoms with Gasteiger partial charge < -0.3 is 27.4 Å². The molecule has 0 saturated carbocycles. The van der Waals surface area contributed by atoms with Crippen LogP contribution in [0.5, 0.6) is 0 Å². The predicted molar refractivity (Wildman–Crippen MR) is 128 cm³/mol. The molecule has 0 aliphatic carbocycles. The van der Waals surface area contributed by atoms with Gasteiger partial charge in [-0.25, -0.2) is 9.98 Å². The Kier molecular flexibility index (Phi) is 6.96. The first-order valence-corrected chi connectivity index (χ1v) is 11.5. The van der Waals surface area contributed by atoms with Crippen LogP contribution in [0.1, 0.15) is 5.56 Å². The van der Waals surface area contributed by atoms with E-state index < -0.39 is 0 Å². The summed E-state index contributed by atoms with van der Waals surface area (Å²) < 4.78 is 6.14. The van der Waals surface area contributed by atoms with Crippen LogP contribution in [0.2, 0.25) is 0 Å². The lowest BCUT2D eigenvalue weighted by Crippen LogP contribution is -2.22. The molecule has 0 radical (unpaired) electrons. The van der Waals surface area contributed by atoms with E-state index in [9.17, 15) is 0 Å². The topological polar surface area (TPSA) is 142 Å². The van der Waals surface area contributed by atoms with Crippen LogP contribution in [-0.4, -0.2) is 24.4 Å². The molecule has 7 nitrogen and oxygen atoms in total. The van der Waals surface area contributed by atoms with Crippen LogP contribution in [0.15, 0.2) is 72.7 Å². The Bertz CT molecular complexity index is 1100. The van der Waals surface area contributed by atoms with Crippen LogP contribution in [-0.2, 0) is 6.54 Å². The normalized spacial score (nSPS) is 10.6. The monoisotopic (exact) mass is 440 g/mol. The molecule has 0 aliphatic rings. The highest BCUT2D eigenvalue weighted by Gasteiger charge is 2.11. The molecule has 0 atom stereocenters. The lowest BCUT2D eigenvalue weighted by Gasteiger charge is -2.08. The van der Waals surface area contributed by atoms with Crippen molar-refractivity contribution in [2.75, 3.05) is 12.5 Å². The van der Waals surface area contributed by atoms with Gasteiger partial charge in [0.1, 0.15) is 11.5 Å². The summed E-state index contributed by atoms with van der Waals surface area (Å²) in [5.41, 5.74) is 25.7. The van der Waals surface area contributed by atoms with Crippen molar-refractivity contribution < 1.29 is 4.42 Å². The Hall–Kier alpha value is -3.04. The minimum absolute atomic E-state index is 0.0335. The van der Waals surface area contributed by atoms with E-state index in [4.69, 9.17) is 27.4 Å². The van der Waals surface area contributed by atoms with Gasteiger partial charge in [0.05, 0.1) is 12.2 Å². The summed E-state index contributed by atoms with van der Waals surface area (Å²) in [6.45, 7) is 0.446. The zero-order valence-corrected chi connectivity index (χ0v) is 18.4. The Labute approximate surface area is 184 Å². The number of guanidine groups is 2. The Morgan fingerprint density at radius 3 is 1.97 bits per heavy atom. The second-order valence-corrected chi connectivity index (χ2v) is 8.05. The van der Waals surface area contributed by atoms with Gasteiger partial charge in [-0.2, -0.15) is 0 Å². The van der Waals surface area contributed by atoms with Crippen LogP contribution < -0.4 is 22.9 Å². The molecule has 2 aromatic carbocycles. The maximum atomic E-state index is 6.14. The van der Waals surface area contributed by atoms with Crippen molar-refractivity contribution in [1.29, 1.82) is 0 Å². The summed E-state index contributed by atoms with van der Waals surface area (Å²) in [7, 11) is 0. The van der Waals surface area contributed by atoms with E-state index in [1.165, 1.54) is 0 Å². The average molecular weight is 441 g/mol. The van der Waals surface area contributed by atoms with Crippen LogP contribution in [0.25, 0.3) is 22.6 Å². The van der Waals surface area contributed by atoms with E-state index in [2.05, 4.69) is 16.1 Å². The minimum atomic E-state index is 0.0335. The van der Waals surface area contributed by atoms with Crippen molar-refractivity contribution >= 4 is 41.1 Å². The van der Waals surface area contributed by atoms with Crippen molar-refractivity contribution in [3.63, 3.8) is 0 Å². The number of aliphatic imine (C=N–C) groups is 2. The lowest BCUT2D eigenvalue weighted by atomic mass is 10.1. The van der Waals surface area contributed by atoms with Crippen molar-refractivity contribution in [3.8, 4) is 22.6 Å². The highest BCUT2D eigenvalue weighted by Crippen LogP contribution is 2.36. The number of hydrogen-bond acceptors (Lipinski definition) is 5. The zero-order valence-electron chi connectivity index (χ0n) is 16.8. The highest BCUT2D eigenvalue weighted by molar-refractivity contribution is 7.99. The molecule has 1 aromatic heterocycles. The fourth-order valence-electron chi connectivity index (χ4n) is 2.92. The number of nitrogens with zero attached hydrogens (tertiary/aromatic N) is 2. The first-order chi connectivity index (χ1) is 14.4. The van der Waals surface area contributed by atoms with Gasteiger partial charge >= 0.3 is 0 Å². The number of nitrogens with two attached hydrogens (primary N) is 4. The molecule has 0 unspecified atom stereocenters. The Morgan fingerprint density at radius 1 is 0.800 bits per heavy atom. The molecule has 156 valence electrons. The molecular weight excluding hydrogens is 416 g/mol. The van der Waals surface area contributed by atoms with Crippen LogP contribution in [0.3, 0.4) is 0 Å². The zero-order chi connectivity index (χ0) is 21.7. The summed E-state index contributed by atoms with van der Waals surface area (Å²) in [4.78, 5) is 10.3. The van der Waals surface area contributed by atoms with E-state index in [1.54, 1.807) is 23.5 Å². The van der Waals surface area contributed by atoms with Gasteiger partial charge in [0.2, 0.25) is 0 Å². The summed E-state index contributed by atoms with van der Waals surface area (Å²) in [5.74, 6) is 1.67. The molecule has 0 fully saturated rings. The predicted octanol–water partition coefficient (Wildman–Crippen LogP) is 3.74. The molecule has 0 spiro atoms. The average Bonchev–Trinajstić information content (AvgIpc) is 3.22. The molecule has 1 heterocycles. The van der Waals surface area contributed by atoms with Crippen molar-refractivity contribution in [2.24, 2.45) is 32.9 Å². The smallest absolute Gasteiger partial charge is 0.191 e. The van der Waals surface area contributed by atoms with Crippen LogP contribution in [0, 0.1) is 0 Å². The lowest BCUT2D eigenvalue weighted by molar-refractivity contribution is 0.597. The first-order valence-electron chi connectivity index (χ1n) is 9.02. The summed E-state index contributed by atoms with van der Waals surface area (Å²) in [6, 6.07) is 15.9. The molecule has 0 bridgehead atoms. The van der Waals surface area contributed by atoms with Crippen LogP contribution in [0.4, 0.5) is 5.69 Å². The molecular formula is C21H24N6OS2. The molecule has 30 heavy (non-hydrogen) atoms. The molecule has 3 rings (SSSR count). The molecule has 0 amide bonds. The van der Waals surface area contributed by atoms with Gasteiger partial charge in [-0.3, -0.25) is 0 Å². The standard InChI is InChI=1S/C21H24N6OS2/c1-29-18-9-12(3-4-14(18)11-26-20(22)23)16-7-8-17(28-16)13-5-6-15(27-21(24)25)19(10-13)30-2/h3-10H,11H2,1-2H3,(H4,22,23,26)(H4,24,25,27). The maximum Gasteiger partial charge on any atom is 0.191 e. The molecule has 3 aromatic rings. The molecule has 0 saturated heterocycles. The number of thioether (sulfide) groups is 2. The fourth-order valence-corrected chi connectivity index (χ4v) is 4.12. The van der Waals surface area contributed by atoms with E-state index in [-0.39, 0.29) is 11.9 Å². The summed E-state index contributed by atoms with van der Waals surface area (Å²) in [5, 5.41) is 0. The number of hydrogen-bond donors (Lipinski definition) is 4. The molecule has 8 N–H and O–H groups in total. The second-order valence-electron chi connectivity index (χ2n) is 6.35. The van der Waals surface area contributed by atoms with Gasteiger partial charge in [0.15, 0.2) is 11.9 Å². The third-order valence-electron chi connectivity index (χ3n) is 4.32. The van der Waals surface area contributed by atoms with E-state index in [0.717, 1.165) is 43.7 Å². The van der Waals surface area contributed by atoms with E-state index in [1.807, 2.05) is 55.0 Å². The maximum absolute atomic E-state index is 6.14. The van der Waals surface area contributed by atoms with Gasteiger partial charge in [0.25, 0.3) is 0 Å². The minimum Gasteiger partial charge on any atom is -0.456 e. The van der Waals surface area contributed by atoms with Gasteiger partial charge in [-0.05, 0) is 54.5 Å². The van der Waals surface area contributed by atoms with Crippen molar-refractivity contribution in [1.82, 2.24) is 0 Å².